The first-order valence-electron chi connectivity index (χ1n) is 7.31. The van der Waals surface area contributed by atoms with Crippen LogP contribution in [0, 0.1) is 0 Å². The van der Waals surface area contributed by atoms with Crippen molar-refractivity contribution in [3.8, 4) is 0 Å². The summed E-state index contributed by atoms with van der Waals surface area (Å²) in [6.45, 7) is 2.17. The Morgan fingerprint density at radius 2 is 2.19 bits per heavy atom. The van der Waals surface area contributed by atoms with E-state index in [1.807, 2.05) is 37.3 Å². The number of hydrogen-bond donors (Lipinski definition) is 2. The van der Waals surface area contributed by atoms with Crippen molar-refractivity contribution in [2.75, 3.05) is 6.61 Å². The number of carbonyl (C=O) groups excluding carboxylic acids is 1. The number of benzene rings is 1. The minimum Gasteiger partial charge on any atom is -0.457 e. The summed E-state index contributed by atoms with van der Waals surface area (Å²) < 4.78 is 10.7. The number of rotatable bonds is 5. The maximum atomic E-state index is 12.0. The number of ether oxygens (including phenoxy) is 2. The summed E-state index contributed by atoms with van der Waals surface area (Å²) in [6.07, 6.45) is -0.0997. The molecule has 5 nitrogen and oxygen atoms in total. The van der Waals surface area contributed by atoms with E-state index in [9.17, 15) is 15.0 Å². The summed E-state index contributed by atoms with van der Waals surface area (Å²) in [5, 5.41) is 19.8. The van der Waals surface area contributed by atoms with E-state index >= 15 is 0 Å². The zero-order valence-electron chi connectivity index (χ0n) is 12.2. The highest BCUT2D eigenvalue weighted by Crippen LogP contribution is 2.28. The van der Waals surface area contributed by atoms with Gasteiger partial charge in [0.25, 0.3) is 0 Å². The second-order valence-electron chi connectivity index (χ2n) is 5.42. The van der Waals surface area contributed by atoms with Crippen LogP contribution in [0.1, 0.15) is 44.3 Å². The van der Waals surface area contributed by atoms with Gasteiger partial charge in [0, 0.05) is 6.42 Å². The minimum absolute atomic E-state index is 0.0320. The molecule has 2 N–H and O–H groups in total. The summed E-state index contributed by atoms with van der Waals surface area (Å²) in [4.78, 5) is 12.0. The van der Waals surface area contributed by atoms with Crippen LogP contribution in [0.15, 0.2) is 30.3 Å². The van der Waals surface area contributed by atoms with E-state index in [1.165, 1.54) is 0 Å². The number of aliphatic hydroxyl groups excluding tert-OH is 1. The summed E-state index contributed by atoms with van der Waals surface area (Å²) in [5.41, 5.74) is 0.921. The molecule has 0 aromatic heterocycles. The van der Waals surface area contributed by atoms with Crippen molar-refractivity contribution in [1.82, 2.24) is 0 Å². The Bertz CT molecular complexity index is 461. The normalized spacial score (nSPS) is 27.1. The molecule has 1 fully saturated rings. The lowest BCUT2D eigenvalue weighted by Crippen LogP contribution is -2.43. The zero-order chi connectivity index (χ0) is 15.3. The van der Waals surface area contributed by atoms with Crippen molar-refractivity contribution in [2.24, 2.45) is 0 Å². The third-order valence-corrected chi connectivity index (χ3v) is 3.61. The third-order valence-electron chi connectivity index (χ3n) is 3.61. The molecule has 1 aliphatic heterocycles. The summed E-state index contributed by atoms with van der Waals surface area (Å²) in [6, 6.07) is 9.48. The SMILES string of the molecule is CCC(OC(=O)CC1(O)CC(O)CCO1)c1ccccc1. The number of esters is 1. The number of carbonyl (C=O) groups is 1. The molecule has 0 radical (unpaired) electrons. The van der Waals surface area contributed by atoms with Crippen LogP contribution < -0.4 is 0 Å². The standard InChI is InChI=1S/C16H22O5/c1-2-14(12-6-4-3-5-7-12)21-15(18)11-16(19)10-13(17)8-9-20-16/h3-7,13-14,17,19H,2,8-11H2,1H3. The van der Waals surface area contributed by atoms with Crippen molar-refractivity contribution in [3.05, 3.63) is 35.9 Å². The third kappa shape index (κ3) is 4.52. The second-order valence-corrected chi connectivity index (χ2v) is 5.42. The van der Waals surface area contributed by atoms with Gasteiger partial charge in [-0.15, -0.1) is 0 Å². The molecule has 2 rings (SSSR count). The number of aliphatic hydroxyl groups is 2. The smallest absolute Gasteiger partial charge is 0.311 e. The van der Waals surface area contributed by atoms with E-state index < -0.39 is 17.9 Å². The Kier molecular flexibility index (Phi) is 5.33. The molecular formula is C16H22O5. The van der Waals surface area contributed by atoms with Crippen LogP contribution in [-0.2, 0) is 14.3 Å². The van der Waals surface area contributed by atoms with Gasteiger partial charge >= 0.3 is 5.97 Å². The lowest BCUT2D eigenvalue weighted by molar-refractivity contribution is -0.249. The van der Waals surface area contributed by atoms with Crippen molar-refractivity contribution >= 4 is 5.97 Å². The highest BCUT2D eigenvalue weighted by Gasteiger charge is 2.38. The van der Waals surface area contributed by atoms with Crippen molar-refractivity contribution in [3.63, 3.8) is 0 Å². The molecule has 5 heteroatoms. The fourth-order valence-corrected chi connectivity index (χ4v) is 2.52. The van der Waals surface area contributed by atoms with E-state index in [2.05, 4.69) is 0 Å². The topological polar surface area (TPSA) is 76.0 Å². The van der Waals surface area contributed by atoms with Crippen LogP contribution >= 0.6 is 0 Å². The Balaban J connectivity index is 1.94. The molecule has 0 amide bonds. The maximum Gasteiger partial charge on any atom is 0.311 e. The lowest BCUT2D eigenvalue weighted by Gasteiger charge is -2.34. The Morgan fingerprint density at radius 3 is 2.81 bits per heavy atom. The van der Waals surface area contributed by atoms with Gasteiger partial charge in [-0.05, 0) is 18.4 Å². The van der Waals surface area contributed by atoms with E-state index in [0.717, 1.165) is 5.56 Å². The fourth-order valence-electron chi connectivity index (χ4n) is 2.52. The molecule has 1 heterocycles. The van der Waals surface area contributed by atoms with Crippen molar-refractivity contribution in [2.45, 2.75) is 50.6 Å². The first-order valence-corrected chi connectivity index (χ1v) is 7.31. The van der Waals surface area contributed by atoms with Gasteiger partial charge < -0.3 is 19.7 Å². The first-order chi connectivity index (χ1) is 10.0. The minimum atomic E-state index is -1.62. The van der Waals surface area contributed by atoms with Crippen LogP contribution in [0.5, 0.6) is 0 Å². The Morgan fingerprint density at radius 1 is 1.48 bits per heavy atom. The van der Waals surface area contributed by atoms with Gasteiger partial charge in [0.05, 0.1) is 19.1 Å². The van der Waals surface area contributed by atoms with Crippen molar-refractivity contribution < 1.29 is 24.5 Å². The van der Waals surface area contributed by atoms with Gasteiger partial charge in [0.2, 0.25) is 0 Å². The monoisotopic (exact) mass is 294 g/mol. The summed E-state index contributed by atoms with van der Waals surface area (Å²) >= 11 is 0. The molecule has 3 unspecified atom stereocenters. The molecule has 21 heavy (non-hydrogen) atoms. The molecule has 1 aliphatic rings. The highest BCUT2D eigenvalue weighted by molar-refractivity contribution is 5.70. The second kappa shape index (κ2) is 7.02. The molecule has 0 saturated carbocycles. The van der Waals surface area contributed by atoms with Crippen LogP contribution in [0.25, 0.3) is 0 Å². The molecule has 3 atom stereocenters. The molecule has 0 bridgehead atoms. The Hall–Kier alpha value is -1.43. The van der Waals surface area contributed by atoms with Crippen LogP contribution in [0.3, 0.4) is 0 Å². The fraction of sp³-hybridized carbons (Fsp3) is 0.562. The van der Waals surface area contributed by atoms with Gasteiger partial charge in [-0.25, -0.2) is 0 Å². The average Bonchev–Trinajstić information content (AvgIpc) is 2.45. The molecular weight excluding hydrogens is 272 g/mol. The van der Waals surface area contributed by atoms with E-state index in [0.29, 0.717) is 12.8 Å². The molecule has 0 spiro atoms. The maximum absolute atomic E-state index is 12.0. The largest absolute Gasteiger partial charge is 0.457 e. The lowest BCUT2D eigenvalue weighted by atomic mass is 10.00. The molecule has 1 saturated heterocycles. The predicted octanol–water partition coefficient (Wildman–Crippen LogP) is 1.93. The summed E-state index contributed by atoms with van der Waals surface area (Å²) in [7, 11) is 0. The molecule has 116 valence electrons. The van der Waals surface area contributed by atoms with E-state index in [4.69, 9.17) is 9.47 Å². The molecule has 0 aliphatic carbocycles. The van der Waals surface area contributed by atoms with E-state index in [-0.39, 0.29) is 25.6 Å². The van der Waals surface area contributed by atoms with Gasteiger partial charge in [-0.3, -0.25) is 4.79 Å². The average molecular weight is 294 g/mol. The molecule has 1 aromatic carbocycles. The Labute approximate surface area is 124 Å². The summed E-state index contributed by atoms with van der Waals surface area (Å²) in [5.74, 6) is -2.15. The van der Waals surface area contributed by atoms with Gasteiger partial charge in [-0.1, -0.05) is 37.3 Å². The highest BCUT2D eigenvalue weighted by atomic mass is 16.6. The van der Waals surface area contributed by atoms with Crippen LogP contribution in [0.4, 0.5) is 0 Å². The quantitative estimate of drug-likeness (QED) is 0.812. The van der Waals surface area contributed by atoms with Gasteiger partial charge in [0.15, 0.2) is 5.79 Å². The predicted molar refractivity (Wildman–Crippen MR) is 76.3 cm³/mol. The molecule has 1 aromatic rings. The van der Waals surface area contributed by atoms with E-state index in [1.54, 1.807) is 0 Å². The van der Waals surface area contributed by atoms with Gasteiger partial charge in [-0.2, -0.15) is 0 Å². The number of hydrogen-bond acceptors (Lipinski definition) is 5. The van der Waals surface area contributed by atoms with Gasteiger partial charge in [0.1, 0.15) is 6.10 Å². The van der Waals surface area contributed by atoms with Crippen LogP contribution in [0.2, 0.25) is 0 Å². The van der Waals surface area contributed by atoms with Crippen molar-refractivity contribution in [1.29, 1.82) is 0 Å². The zero-order valence-corrected chi connectivity index (χ0v) is 12.2. The first kappa shape index (κ1) is 15.9. The van der Waals surface area contributed by atoms with Crippen LogP contribution in [-0.4, -0.2) is 34.7 Å².